The molecule has 4 N–H and O–H groups in total. The number of H-pyrrole nitrogens is 1. The molecule has 0 aliphatic carbocycles. The number of benzene rings is 4. The van der Waals surface area contributed by atoms with Crippen LogP contribution in [0.15, 0.2) is 97.1 Å². The number of nitrogens with one attached hydrogen (secondary N) is 3. The maximum absolute atomic E-state index is 12.9. The van der Waals surface area contributed by atoms with Crippen LogP contribution in [0.25, 0.3) is 10.9 Å². The minimum atomic E-state index is -2.15. The second kappa shape index (κ2) is 17.1. The van der Waals surface area contributed by atoms with Crippen LogP contribution in [0.4, 0.5) is 0 Å². The van der Waals surface area contributed by atoms with Crippen LogP contribution in [-0.2, 0) is 30.6 Å². The second-order valence-electron chi connectivity index (χ2n) is 14.8. The van der Waals surface area contributed by atoms with E-state index in [2.05, 4.69) is 80.7 Å². The summed E-state index contributed by atoms with van der Waals surface area (Å²) >= 11 is 5.99. The van der Waals surface area contributed by atoms with Crippen molar-refractivity contribution in [2.24, 2.45) is 0 Å². The van der Waals surface area contributed by atoms with Gasteiger partial charge in [0.25, 0.3) is 5.91 Å². The maximum Gasteiger partial charge on any atom is 0.267 e. The largest absolute Gasteiger partial charge is 0.489 e. The summed E-state index contributed by atoms with van der Waals surface area (Å²) in [7, 11) is -2.15. The fraction of sp³-hybridized carbons (Fsp3) is 0.357. The number of aromatic nitrogens is 1. The van der Waals surface area contributed by atoms with Gasteiger partial charge >= 0.3 is 0 Å². The highest BCUT2D eigenvalue weighted by atomic mass is 35.5. The number of fused-ring (bicyclic) bond motifs is 1. The average molecular weight is 726 g/mol. The zero-order valence-corrected chi connectivity index (χ0v) is 32.4. The Labute approximate surface area is 308 Å². The molecule has 0 aliphatic rings. The van der Waals surface area contributed by atoms with Gasteiger partial charge in [0, 0.05) is 40.6 Å². The lowest BCUT2D eigenvalue weighted by Gasteiger charge is -2.40. The molecule has 51 heavy (non-hydrogen) atoms. The Hall–Kier alpha value is -3.92. The van der Waals surface area contributed by atoms with Crippen LogP contribution in [-0.4, -0.2) is 36.9 Å². The maximum atomic E-state index is 12.9. The molecule has 1 heterocycles. The molecule has 4 aromatic carbocycles. The molecule has 5 aromatic rings. The van der Waals surface area contributed by atoms with Gasteiger partial charge in [-0.2, -0.15) is 0 Å². The van der Waals surface area contributed by atoms with Crippen molar-refractivity contribution < 1.29 is 19.1 Å². The van der Waals surface area contributed by atoms with E-state index in [1.54, 1.807) is 0 Å². The molecule has 9 heteroatoms. The third kappa shape index (κ3) is 10.3. The number of carbonyl (C=O) groups excluding carboxylic acids is 1. The lowest BCUT2D eigenvalue weighted by Crippen LogP contribution is -2.44. The normalized spacial score (nSPS) is 13.3. The molecule has 0 fully saturated rings. The number of ether oxygens (including phenoxy) is 1. The summed E-state index contributed by atoms with van der Waals surface area (Å²) in [6, 6.07) is 32.0. The number of rotatable bonds is 16. The van der Waals surface area contributed by atoms with Crippen LogP contribution in [0, 0.1) is 0 Å². The van der Waals surface area contributed by atoms with Gasteiger partial charge in [0.05, 0.1) is 12.7 Å². The molecule has 2 atom stereocenters. The first-order valence-electron chi connectivity index (χ1n) is 17.8. The van der Waals surface area contributed by atoms with Gasteiger partial charge in [-0.05, 0) is 95.7 Å². The van der Waals surface area contributed by atoms with E-state index in [-0.39, 0.29) is 29.7 Å². The first kappa shape index (κ1) is 38.3. The van der Waals surface area contributed by atoms with Crippen LogP contribution >= 0.6 is 11.6 Å². The van der Waals surface area contributed by atoms with Crippen LogP contribution in [0.2, 0.25) is 23.2 Å². The number of carbonyl (C=O) groups is 1. The predicted octanol–water partition coefficient (Wildman–Crippen LogP) is 9.50. The molecule has 1 aromatic heterocycles. The Balaban J connectivity index is 1.27. The van der Waals surface area contributed by atoms with E-state index in [0.29, 0.717) is 36.2 Å². The second-order valence-corrected chi connectivity index (χ2v) is 20.0. The average Bonchev–Trinajstić information content (AvgIpc) is 3.55. The summed E-state index contributed by atoms with van der Waals surface area (Å²) in [5.41, 5.74) is 6.48. The number of amides is 1. The Morgan fingerprint density at radius 3 is 2.33 bits per heavy atom. The van der Waals surface area contributed by atoms with Gasteiger partial charge in [0.1, 0.15) is 18.1 Å². The van der Waals surface area contributed by atoms with Crippen molar-refractivity contribution in [3.63, 3.8) is 0 Å². The molecule has 7 nitrogen and oxygen atoms in total. The molecule has 0 spiro atoms. The van der Waals surface area contributed by atoms with Crippen LogP contribution in [0.3, 0.4) is 0 Å². The van der Waals surface area contributed by atoms with Gasteiger partial charge in [-0.3, -0.25) is 4.79 Å². The zero-order valence-electron chi connectivity index (χ0n) is 30.7. The highest BCUT2D eigenvalue weighted by Crippen LogP contribution is 2.40. The monoisotopic (exact) mass is 725 g/mol. The molecule has 5 rings (SSSR count). The Kier molecular flexibility index (Phi) is 12.8. The summed E-state index contributed by atoms with van der Waals surface area (Å²) in [4.78, 5) is 16.2. The summed E-state index contributed by atoms with van der Waals surface area (Å²) < 4.78 is 13.2. The Morgan fingerprint density at radius 2 is 1.65 bits per heavy atom. The SMILES string of the molecule is CC[C@H](Cc1ccc2[nH]c(C(=O)NCc3ccc(Cl)cc3)cc2c1)NC[C@H](O[Si](C)(C)C(C)(C)C)c1ccc(OCc2ccccc2)c(CO)c1. The molecule has 1 amide bonds. The first-order chi connectivity index (χ1) is 24.3. The third-order valence-corrected chi connectivity index (χ3v) is 14.7. The molecule has 0 radical (unpaired) electrons. The fourth-order valence-corrected chi connectivity index (χ4v) is 7.20. The van der Waals surface area contributed by atoms with Gasteiger partial charge in [-0.1, -0.05) is 93.9 Å². The zero-order chi connectivity index (χ0) is 36.6. The number of aromatic amines is 1. The third-order valence-electron chi connectivity index (χ3n) is 9.97. The van der Waals surface area contributed by atoms with E-state index in [0.717, 1.165) is 46.0 Å². The van der Waals surface area contributed by atoms with E-state index in [1.807, 2.05) is 72.8 Å². The number of aliphatic hydroxyl groups is 1. The smallest absolute Gasteiger partial charge is 0.267 e. The van der Waals surface area contributed by atoms with Gasteiger partial charge in [-0.25, -0.2) is 0 Å². The topological polar surface area (TPSA) is 95.6 Å². The van der Waals surface area contributed by atoms with E-state index in [9.17, 15) is 9.90 Å². The van der Waals surface area contributed by atoms with Gasteiger partial charge in [0.15, 0.2) is 8.32 Å². The summed E-state index contributed by atoms with van der Waals surface area (Å²) in [6.45, 7) is 14.9. The molecular formula is C42H52ClN3O4Si. The van der Waals surface area contributed by atoms with E-state index in [4.69, 9.17) is 20.8 Å². The first-order valence-corrected chi connectivity index (χ1v) is 21.1. The van der Waals surface area contributed by atoms with Crippen LogP contribution in [0.5, 0.6) is 5.75 Å². The quantitative estimate of drug-likeness (QED) is 0.0761. The Morgan fingerprint density at radius 1 is 0.922 bits per heavy atom. The van der Waals surface area contributed by atoms with Crippen molar-refractivity contribution in [1.29, 1.82) is 0 Å². The van der Waals surface area contributed by atoms with Gasteiger partial charge in [-0.15, -0.1) is 0 Å². The fourth-order valence-electron chi connectivity index (χ4n) is 5.79. The minimum absolute atomic E-state index is 0.0333. The summed E-state index contributed by atoms with van der Waals surface area (Å²) in [5.74, 6) is 0.529. The van der Waals surface area contributed by atoms with Crippen molar-refractivity contribution in [3.8, 4) is 5.75 Å². The highest BCUT2D eigenvalue weighted by molar-refractivity contribution is 6.74. The van der Waals surface area contributed by atoms with Crippen molar-refractivity contribution in [3.05, 3.63) is 136 Å². The van der Waals surface area contributed by atoms with Crippen LogP contribution < -0.4 is 15.4 Å². The Bertz CT molecular complexity index is 1890. The summed E-state index contributed by atoms with van der Waals surface area (Å²) in [6.07, 6.45) is 1.57. The molecule has 0 saturated heterocycles. The molecule has 0 bridgehead atoms. The summed E-state index contributed by atoms with van der Waals surface area (Å²) in [5, 5.41) is 18.9. The number of hydrogen-bond acceptors (Lipinski definition) is 5. The number of aliphatic hydroxyl groups excluding tert-OH is 1. The van der Waals surface area contributed by atoms with Gasteiger partial charge < -0.3 is 29.9 Å². The van der Waals surface area contributed by atoms with Gasteiger partial charge in [0.2, 0.25) is 0 Å². The molecular weight excluding hydrogens is 674 g/mol. The lowest BCUT2D eigenvalue weighted by molar-refractivity contribution is 0.0946. The van der Waals surface area contributed by atoms with Crippen molar-refractivity contribution >= 4 is 36.7 Å². The standard InChI is InChI=1S/C42H52ClN3O4Si/c1-7-36(22-31-15-19-37-33(21-31)24-38(46-37)41(48)45-25-29-13-17-35(43)18-14-29)44-26-40(50-51(5,6)42(2,3)4)32-16-20-39(34(23-32)27-47)49-28-30-11-9-8-10-12-30/h8-21,23-24,36,40,44,46-47H,7,22,25-28H2,1-6H3,(H,45,48)/t36-,40+/m1/s1. The highest BCUT2D eigenvalue weighted by Gasteiger charge is 2.39. The minimum Gasteiger partial charge on any atom is -0.489 e. The van der Waals surface area contributed by atoms with E-state index in [1.165, 1.54) is 5.56 Å². The molecule has 0 aliphatic heterocycles. The van der Waals surface area contributed by atoms with Crippen molar-refractivity contribution in [2.75, 3.05) is 6.54 Å². The molecule has 0 saturated carbocycles. The van der Waals surface area contributed by atoms with E-state index >= 15 is 0 Å². The number of halogens is 1. The van der Waals surface area contributed by atoms with Crippen LogP contribution in [0.1, 0.15) is 78.5 Å². The van der Waals surface area contributed by atoms with E-state index < -0.39 is 8.32 Å². The number of hydrogen-bond donors (Lipinski definition) is 4. The molecule has 0 unspecified atom stereocenters. The lowest BCUT2D eigenvalue weighted by atomic mass is 10.0. The van der Waals surface area contributed by atoms with Crippen molar-refractivity contribution in [1.82, 2.24) is 15.6 Å². The molecule has 270 valence electrons. The predicted molar refractivity (Wildman–Crippen MR) is 211 cm³/mol. The van der Waals surface area contributed by atoms with Crippen molar-refractivity contribution in [2.45, 2.75) is 90.6 Å².